The SMILES string of the molecule is CCN(CC)c1ccc(-c2csc(Nc3ccc4c(c3O)C(O)=C3C(=O)[C@]5(C#N)C(O)=C(C(N)=O)C(=O)[C@@H](N(C)C)[C@]5(N)[C@@H](O)[C@]3(N)[C@H]4O)n2)cc1. The minimum absolute atomic E-state index is 0.0120. The van der Waals surface area contributed by atoms with Crippen LogP contribution in [0.15, 0.2) is 58.7 Å². The molecule has 17 heteroatoms. The van der Waals surface area contributed by atoms with E-state index in [1.165, 1.54) is 37.6 Å². The number of amides is 1. The van der Waals surface area contributed by atoms with Gasteiger partial charge in [-0.15, -0.1) is 11.3 Å². The minimum Gasteiger partial charge on any atom is -0.509 e. The highest BCUT2D eigenvalue weighted by atomic mass is 32.1. The number of thiazole rings is 1. The Hall–Kier alpha value is -5.35. The molecule has 2 aromatic carbocycles. The number of hydrogen-bond acceptors (Lipinski definition) is 16. The van der Waals surface area contributed by atoms with E-state index in [1.807, 2.05) is 24.3 Å². The molecular weight excluding hydrogens is 692 g/mol. The molecule has 3 aliphatic carbocycles. The zero-order valence-electron chi connectivity index (χ0n) is 28.6. The number of carbonyl (C=O) groups excluding carboxylic acids is 3. The van der Waals surface area contributed by atoms with Crippen molar-refractivity contribution in [3.8, 4) is 23.1 Å². The van der Waals surface area contributed by atoms with Crippen LogP contribution in [0.4, 0.5) is 16.5 Å². The van der Waals surface area contributed by atoms with E-state index < -0.39 is 86.2 Å². The monoisotopic (exact) mass is 730 g/mol. The lowest BCUT2D eigenvalue weighted by atomic mass is 9.45. The van der Waals surface area contributed by atoms with E-state index in [-0.39, 0.29) is 11.3 Å². The number of phenols is 1. The summed E-state index contributed by atoms with van der Waals surface area (Å²) in [6.07, 6.45) is -4.52. The second-order valence-corrected chi connectivity index (χ2v) is 14.1. The lowest BCUT2D eigenvalue weighted by Gasteiger charge is -2.61. The van der Waals surface area contributed by atoms with E-state index in [2.05, 4.69) is 29.0 Å². The molecule has 1 amide bonds. The van der Waals surface area contributed by atoms with Gasteiger partial charge in [0, 0.05) is 29.7 Å². The molecule has 0 spiro atoms. The quantitative estimate of drug-likeness (QED) is 0.116. The molecule has 0 unspecified atom stereocenters. The summed E-state index contributed by atoms with van der Waals surface area (Å²) in [7, 11) is 2.61. The highest BCUT2D eigenvalue weighted by Crippen LogP contribution is 2.61. The number of benzene rings is 2. The third-order valence-corrected chi connectivity index (χ3v) is 11.3. The van der Waals surface area contributed by atoms with Crippen molar-refractivity contribution in [1.82, 2.24) is 9.88 Å². The number of aromatic hydroxyl groups is 1. The van der Waals surface area contributed by atoms with E-state index >= 15 is 0 Å². The first-order valence-corrected chi connectivity index (χ1v) is 17.1. The number of fused-ring (bicyclic) bond motifs is 3. The molecule has 3 aliphatic rings. The maximum atomic E-state index is 14.6. The number of aromatic nitrogens is 1. The van der Waals surface area contributed by atoms with Crippen molar-refractivity contribution in [3.05, 3.63) is 69.8 Å². The van der Waals surface area contributed by atoms with Gasteiger partial charge in [0.15, 0.2) is 22.1 Å². The number of aliphatic hydroxyl groups is 4. The Labute approximate surface area is 301 Å². The van der Waals surface area contributed by atoms with Crippen molar-refractivity contribution in [1.29, 1.82) is 5.26 Å². The van der Waals surface area contributed by atoms with Crippen molar-refractivity contribution in [2.75, 3.05) is 37.4 Å². The number of rotatable bonds is 8. The number of nitrogens with zero attached hydrogens (tertiary/aromatic N) is 4. The summed E-state index contributed by atoms with van der Waals surface area (Å²) in [4.78, 5) is 48.6. The van der Waals surface area contributed by atoms with Gasteiger partial charge in [-0.2, -0.15) is 5.26 Å². The molecule has 0 aliphatic heterocycles. The maximum Gasteiger partial charge on any atom is 0.255 e. The Kier molecular flexibility index (Phi) is 8.69. The molecule has 1 saturated carbocycles. The molecule has 1 heterocycles. The van der Waals surface area contributed by atoms with E-state index in [0.29, 0.717) is 10.8 Å². The van der Waals surface area contributed by atoms with E-state index in [1.54, 1.807) is 11.4 Å². The topological polar surface area (TPSA) is 286 Å². The van der Waals surface area contributed by atoms with Crippen LogP contribution in [0.2, 0.25) is 0 Å². The molecule has 6 atom stereocenters. The van der Waals surface area contributed by atoms with Crippen molar-refractivity contribution in [3.63, 3.8) is 0 Å². The largest absolute Gasteiger partial charge is 0.509 e. The van der Waals surface area contributed by atoms with Gasteiger partial charge in [0.2, 0.25) is 0 Å². The number of nitriles is 1. The summed E-state index contributed by atoms with van der Waals surface area (Å²) >= 11 is 1.22. The number of carbonyl (C=O) groups is 3. The number of nitrogens with one attached hydrogen (secondary N) is 1. The summed E-state index contributed by atoms with van der Waals surface area (Å²) in [5.41, 5.74) is 9.83. The summed E-state index contributed by atoms with van der Waals surface area (Å²) in [5, 5.41) is 74.2. The van der Waals surface area contributed by atoms with Crippen molar-refractivity contribution < 1.29 is 39.9 Å². The molecule has 0 radical (unpaired) electrons. The average Bonchev–Trinajstić information content (AvgIpc) is 3.56. The standard InChI is InChI=1S/C35H38N8O8S/c1-5-43(6-2)16-9-7-15(8-10-16)19-13-52-32(41-19)40-18-12-11-17-20(23(18)44)24(45)22-29(49)33(14-36)28(48)21(30(37)50)25(46)26(42(3)4)35(33,39)31(51)34(22,38)27(17)47/h7-13,26-27,31,44-45,47-48,51H,5-6,38-39H2,1-4H3,(H2,37,50)(H,40,41)/t26-,27+,31+,33+,34-,35+/m1/s1. The average molecular weight is 731 g/mol. The first-order valence-electron chi connectivity index (χ1n) is 16.2. The first kappa shape index (κ1) is 36.4. The van der Waals surface area contributed by atoms with Crippen molar-refractivity contribution in [2.45, 2.75) is 43.2 Å². The number of nitrogens with two attached hydrogens (primary N) is 3. The summed E-state index contributed by atoms with van der Waals surface area (Å²) in [6.45, 7) is 5.86. The molecule has 6 rings (SSSR count). The molecule has 0 bridgehead atoms. The Bertz CT molecular complexity index is 2140. The van der Waals surface area contributed by atoms with Crippen LogP contribution in [0.3, 0.4) is 0 Å². The zero-order chi connectivity index (χ0) is 38.2. The molecule has 12 N–H and O–H groups in total. The van der Waals surface area contributed by atoms with E-state index in [0.717, 1.165) is 29.2 Å². The van der Waals surface area contributed by atoms with Gasteiger partial charge in [0.1, 0.15) is 46.1 Å². The van der Waals surface area contributed by atoms with Crippen LogP contribution in [-0.4, -0.2) is 103 Å². The highest BCUT2D eigenvalue weighted by molar-refractivity contribution is 7.14. The number of Topliss-reactive ketones (excluding diaryl/α,β-unsaturated/α-hetero) is 2. The lowest BCUT2D eigenvalue weighted by molar-refractivity contribution is -0.158. The second-order valence-electron chi connectivity index (χ2n) is 13.2. The maximum absolute atomic E-state index is 14.6. The Morgan fingerprint density at radius 2 is 1.69 bits per heavy atom. The predicted molar refractivity (Wildman–Crippen MR) is 191 cm³/mol. The number of hydrogen-bond donors (Lipinski definition) is 9. The minimum atomic E-state index is -3.13. The van der Waals surface area contributed by atoms with Gasteiger partial charge in [0.05, 0.1) is 34.6 Å². The lowest BCUT2D eigenvalue weighted by Crippen LogP contribution is -2.87. The Morgan fingerprint density at radius 3 is 2.25 bits per heavy atom. The summed E-state index contributed by atoms with van der Waals surface area (Å²) in [5.74, 6) is -7.38. The van der Waals surface area contributed by atoms with Crippen LogP contribution >= 0.6 is 11.3 Å². The van der Waals surface area contributed by atoms with Gasteiger partial charge in [0.25, 0.3) is 5.91 Å². The molecule has 1 fully saturated rings. The third kappa shape index (κ3) is 4.56. The molecule has 1 aromatic heterocycles. The van der Waals surface area contributed by atoms with Crippen LogP contribution < -0.4 is 27.4 Å². The van der Waals surface area contributed by atoms with Gasteiger partial charge in [-0.05, 0) is 51.7 Å². The summed E-state index contributed by atoms with van der Waals surface area (Å²) in [6, 6.07) is 10.2. The van der Waals surface area contributed by atoms with Crippen molar-refractivity contribution >= 4 is 51.1 Å². The number of phenolic OH excluding ortho intramolecular Hbond substituents is 1. The van der Waals surface area contributed by atoms with Crippen LogP contribution in [0.5, 0.6) is 5.75 Å². The van der Waals surface area contributed by atoms with Crippen LogP contribution in [0.25, 0.3) is 17.0 Å². The van der Waals surface area contributed by atoms with Crippen LogP contribution in [-0.2, 0) is 14.4 Å². The zero-order valence-corrected chi connectivity index (χ0v) is 29.4. The smallest absolute Gasteiger partial charge is 0.255 e. The molecule has 272 valence electrons. The number of likely N-dealkylation sites (N-methyl/N-ethyl adjacent to an activating group) is 1. The Morgan fingerprint density at radius 1 is 1.06 bits per heavy atom. The van der Waals surface area contributed by atoms with Gasteiger partial charge in [-0.1, -0.05) is 18.2 Å². The predicted octanol–water partition coefficient (Wildman–Crippen LogP) is 1.08. The van der Waals surface area contributed by atoms with Gasteiger partial charge < -0.3 is 53.0 Å². The number of aliphatic hydroxyl groups excluding tert-OH is 4. The fraction of sp³-hybridized carbons (Fsp3) is 0.343. The Balaban J connectivity index is 1.47. The molecule has 16 nitrogen and oxygen atoms in total. The number of primary amides is 1. The molecule has 52 heavy (non-hydrogen) atoms. The fourth-order valence-electron chi connectivity index (χ4n) is 7.92. The first-order chi connectivity index (χ1) is 24.5. The molecule has 0 saturated heterocycles. The van der Waals surface area contributed by atoms with Gasteiger partial charge in [-0.25, -0.2) is 4.98 Å². The van der Waals surface area contributed by atoms with Crippen LogP contribution in [0, 0.1) is 16.7 Å². The molecule has 3 aromatic rings. The fourth-order valence-corrected chi connectivity index (χ4v) is 8.65. The van der Waals surface area contributed by atoms with E-state index in [4.69, 9.17) is 17.2 Å². The third-order valence-electron chi connectivity index (χ3n) is 10.5. The number of ketones is 2. The highest BCUT2D eigenvalue weighted by Gasteiger charge is 2.79. The van der Waals surface area contributed by atoms with Crippen molar-refractivity contribution in [2.24, 2.45) is 22.6 Å². The number of anilines is 3. The summed E-state index contributed by atoms with van der Waals surface area (Å²) < 4.78 is 0. The van der Waals surface area contributed by atoms with Gasteiger partial charge >= 0.3 is 0 Å². The van der Waals surface area contributed by atoms with E-state index in [9.17, 15) is 45.2 Å². The molecular formula is C35H38N8O8S. The normalized spacial score (nSPS) is 28.3. The van der Waals surface area contributed by atoms with Crippen LogP contribution in [0.1, 0.15) is 31.1 Å². The second kappa shape index (κ2) is 12.4. The van der Waals surface area contributed by atoms with Gasteiger partial charge in [-0.3, -0.25) is 19.3 Å².